The summed E-state index contributed by atoms with van der Waals surface area (Å²) in [6.45, 7) is 1.96. The van der Waals surface area contributed by atoms with E-state index in [-0.39, 0.29) is 18.9 Å². The summed E-state index contributed by atoms with van der Waals surface area (Å²) in [6.07, 6.45) is 1.13. The third-order valence-corrected chi connectivity index (χ3v) is 5.13. The predicted octanol–water partition coefficient (Wildman–Crippen LogP) is 2.81. The van der Waals surface area contributed by atoms with E-state index in [2.05, 4.69) is 5.32 Å². The van der Waals surface area contributed by atoms with Crippen LogP contribution in [0, 0.1) is 6.92 Å². The molecule has 0 fully saturated rings. The standard InChI is InChI=1S/C19H24N2O5S/c1-14-5-8-16(9-6-14)21(27(4,23)24)12-11-19(22)20-15-7-10-17(25-2)18(13-15)26-3/h5-10,13H,11-12H2,1-4H3,(H,20,22). The highest BCUT2D eigenvalue weighted by Gasteiger charge is 2.18. The second-order valence-corrected chi connectivity index (χ2v) is 7.95. The zero-order valence-electron chi connectivity index (χ0n) is 15.9. The highest BCUT2D eigenvalue weighted by Crippen LogP contribution is 2.29. The Bertz CT molecular complexity index is 895. The Hall–Kier alpha value is -2.74. The molecule has 0 spiro atoms. The second kappa shape index (κ2) is 8.77. The van der Waals surface area contributed by atoms with E-state index in [9.17, 15) is 13.2 Å². The van der Waals surface area contributed by atoms with Crippen LogP contribution in [0.5, 0.6) is 11.5 Å². The van der Waals surface area contributed by atoms with Crippen molar-refractivity contribution < 1.29 is 22.7 Å². The van der Waals surface area contributed by atoms with Gasteiger partial charge in [-0.2, -0.15) is 0 Å². The van der Waals surface area contributed by atoms with Gasteiger partial charge in [0.1, 0.15) is 0 Å². The van der Waals surface area contributed by atoms with Gasteiger partial charge >= 0.3 is 0 Å². The van der Waals surface area contributed by atoms with E-state index in [4.69, 9.17) is 9.47 Å². The van der Waals surface area contributed by atoms with Gasteiger partial charge in [0, 0.05) is 24.7 Å². The molecule has 0 radical (unpaired) electrons. The predicted molar refractivity (Wildman–Crippen MR) is 106 cm³/mol. The molecule has 1 amide bonds. The van der Waals surface area contributed by atoms with Gasteiger partial charge in [0.15, 0.2) is 11.5 Å². The van der Waals surface area contributed by atoms with Crippen LogP contribution < -0.4 is 19.1 Å². The van der Waals surface area contributed by atoms with Gasteiger partial charge in [-0.25, -0.2) is 8.42 Å². The molecule has 0 aliphatic rings. The lowest BCUT2D eigenvalue weighted by atomic mass is 10.2. The fourth-order valence-corrected chi connectivity index (χ4v) is 3.47. The first-order chi connectivity index (χ1) is 12.7. The topological polar surface area (TPSA) is 84.9 Å². The lowest BCUT2D eigenvalue weighted by molar-refractivity contribution is -0.116. The molecular weight excluding hydrogens is 368 g/mol. The summed E-state index contributed by atoms with van der Waals surface area (Å²) in [6, 6.07) is 12.1. The Labute approximate surface area is 160 Å². The van der Waals surface area contributed by atoms with Gasteiger partial charge in [0.2, 0.25) is 15.9 Å². The number of sulfonamides is 1. The fraction of sp³-hybridized carbons (Fsp3) is 0.316. The maximum absolute atomic E-state index is 12.3. The van der Waals surface area contributed by atoms with Crippen LogP contribution in [-0.4, -0.2) is 41.3 Å². The molecule has 2 rings (SSSR count). The third-order valence-electron chi connectivity index (χ3n) is 3.93. The van der Waals surface area contributed by atoms with E-state index in [0.717, 1.165) is 11.8 Å². The molecule has 0 aliphatic heterocycles. The van der Waals surface area contributed by atoms with Gasteiger partial charge < -0.3 is 14.8 Å². The Balaban J connectivity index is 2.07. The van der Waals surface area contributed by atoms with Gasteiger partial charge in [0.05, 0.1) is 26.2 Å². The molecule has 0 heterocycles. The number of aryl methyl sites for hydroxylation is 1. The van der Waals surface area contributed by atoms with Crippen molar-refractivity contribution in [1.29, 1.82) is 0 Å². The van der Waals surface area contributed by atoms with E-state index in [1.807, 2.05) is 19.1 Å². The minimum Gasteiger partial charge on any atom is -0.493 e. The minimum atomic E-state index is -3.50. The molecule has 0 atom stereocenters. The maximum atomic E-state index is 12.3. The molecule has 0 unspecified atom stereocenters. The molecule has 27 heavy (non-hydrogen) atoms. The number of benzene rings is 2. The smallest absolute Gasteiger partial charge is 0.232 e. The summed E-state index contributed by atoms with van der Waals surface area (Å²) in [4.78, 5) is 12.3. The SMILES string of the molecule is COc1ccc(NC(=O)CCN(c2ccc(C)cc2)S(C)(=O)=O)cc1OC. The first-order valence-electron chi connectivity index (χ1n) is 8.31. The Morgan fingerprint density at radius 2 is 1.67 bits per heavy atom. The first kappa shape index (κ1) is 20.6. The summed E-state index contributed by atoms with van der Waals surface area (Å²) < 4.78 is 35.8. The molecule has 0 saturated carbocycles. The number of methoxy groups -OCH3 is 2. The van der Waals surface area contributed by atoms with Crippen molar-refractivity contribution in [2.24, 2.45) is 0 Å². The lowest BCUT2D eigenvalue weighted by Crippen LogP contribution is -2.33. The summed E-state index contributed by atoms with van der Waals surface area (Å²) >= 11 is 0. The van der Waals surface area contributed by atoms with E-state index >= 15 is 0 Å². The van der Waals surface area contributed by atoms with E-state index < -0.39 is 10.0 Å². The van der Waals surface area contributed by atoms with Crippen molar-refractivity contribution in [2.45, 2.75) is 13.3 Å². The van der Waals surface area contributed by atoms with E-state index in [0.29, 0.717) is 22.9 Å². The highest BCUT2D eigenvalue weighted by atomic mass is 32.2. The van der Waals surface area contributed by atoms with Gasteiger partial charge in [-0.15, -0.1) is 0 Å². The average molecular weight is 392 g/mol. The highest BCUT2D eigenvalue weighted by molar-refractivity contribution is 7.92. The van der Waals surface area contributed by atoms with Crippen LogP contribution in [0.3, 0.4) is 0 Å². The van der Waals surface area contributed by atoms with Gasteiger partial charge in [0.25, 0.3) is 0 Å². The molecule has 7 nitrogen and oxygen atoms in total. The molecule has 146 valence electrons. The first-order valence-corrected chi connectivity index (χ1v) is 10.2. The van der Waals surface area contributed by atoms with Crippen LogP contribution >= 0.6 is 0 Å². The van der Waals surface area contributed by atoms with Crippen LogP contribution in [0.2, 0.25) is 0 Å². The van der Waals surface area contributed by atoms with Gasteiger partial charge in [-0.3, -0.25) is 9.10 Å². The normalized spacial score (nSPS) is 11.0. The van der Waals surface area contributed by atoms with Crippen LogP contribution in [0.4, 0.5) is 11.4 Å². The van der Waals surface area contributed by atoms with Crippen molar-refractivity contribution in [3.8, 4) is 11.5 Å². The Morgan fingerprint density at radius 3 is 2.22 bits per heavy atom. The molecule has 2 aromatic rings. The number of rotatable bonds is 8. The van der Waals surface area contributed by atoms with E-state index in [1.165, 1.54) is 18.5 Å². The molecule has 0 aromatic heterocycles. The number of carbonyl (C=O) groups excluding carboxylic acids is 1. The van der Waals surface area contributed by atoms with Crippen LogP contribution in [0.1, 0.15) is 12.0 Å². The molecule has 1 N–H and O–H groups in total. The molecule has 0 aliphatic carbocycles. The monoisotopic (exact) mass is 392 g/mol. The number of ether oxygens (including phenoxy) is 2. The summed E-state index contributed by atoms with van der Waals surface area (Å²) in [5.41, 5.74) is 2.10. The van der Waals surface area contributed by atoms with Crippen LogP contribution in [-0.2, 0) is 14.8 Å². The zero-order chi connectivity index (χ0) is 20.0. The van der Waals surface area contributed by atoms with Crippen LogP contribution in [0.15, 0.2) is 42.5 Å². The molecule has 0 bridgehead atoms. The zero-order valence-corrected chi connectivity index (χ0v) is 16.7. The number of hydrogen-bond acceptors (Lipinski definition) is 5. The lowest BCUT2D eigenvalue weighted by Gasteiger charge is -2.22. The molecular formula is C19H24N2O5S. The van der Waals surface area contributed by atoms with Crippen molar-refractivity contribution in [1.82, 2.24) is 0 Å². The van der Waals surface area contributed by atoms with Crippen molar-refractivity contribution in [2.75, 3.05) is 36.6 Å². The average Bonchev–Trinajstić information content (AvgIpc) is 2.62. The fourth-order valence-electron chi connectivity index (χ4n) is 2.54. The van der Waals surface area contributed by atoms with Gasteiger partial charge in [-0.05, 0) is 31.2 Å². The largest absolute Gasteiger partial charge is 0.493 e. The number of hydrogen-bond donors (Lipinski definition) is 1. The molecule has 0 saturated heterocycles. The summed E-state index contributed by atoms with van der Waals surface area (Å²) in [5.74, 6) is 0.744. The number of nitrogens with zero attached hydrogens (tertiary/aromatic N) is 1. The van der Waals surface area contributed by atoms with Crippen molar-refractivity contribution in [3.63, 3.8) is 0 Å². The number of anilines is 2. The third kappa shape index (κ3) is 5.62. The summed E-state index contributed by atoms with van der Waals surface area (Å²) in [7, 11) is -0.465. The second-order valence-electron chi connectivity index (χ2n) is 6.04. The Morgan fingerprint density at radius 1 is 1.04 bits per heavy atom. The van der Waals surface area contributed by atoms with E-state index in [1.54, 1.807) is 30.3 Å². The van der Waals surface area contributed by atoms with Gasteiger partial charge in [-0.1, -0.05) is 17.7 Å². The number of carbonyl (C=O) groups is 1. The summed E-state index contributed by atoms with van der Waals surface area (Å²) in [5, 5.41) is 2.74. The number of amides is 1. The molecule has 2 aromatic carbocycles. The minimum absolute atomic E-state index is 0.00922. The Kier molecular flexibility index (Phi) is 6.68. The van der Waals surface area contributed by atoms with Crippen molar-refractivity contribution in [3.05, 3.63) is 48.0 Å². The van der Waals surface area contributed by atoms with Crippen LogP contribution in [0.25, 0.3) is 0 Å². The molecule has 8 heteroatoms. The number of nitrogens with one attached hydrogen (secondary N) is 1. The van der Waals surface area contributed by atoms with Crippen molar-refractivity contribution >= 4 is 27.3 Å². The maximum Gasteiger partial charge on any atom is 0.232 e. The quantitative estimate of drug-likeness (QED) is 0.747.